The summed E-state index contributed by atoms with van der Waals surface area (Å²) >= 11 is 6.03. The second-order valence-corrected chi connectivity index (χ2v) is 6.31. The van der Waals surface area contributed by atoms with Gasteiger partial charge in [0.15, 0.2) is 5.58 Å². The van der Waals surface area contributed by atoms with E-state index in [1.54, 1.807) is 30.3 Å². The Bertz CT molecular complexity index is 1210. The van der Waals surface area contributed by atoms with Gasteiger partial charge in [-0.05, 0) is 49.4 Å². The molecule has 0 aliphatic rings. The van der Waals surface area contributed by atoms with Gasteiger partial charge in [0.25, 0.3) is 5.56 Å². The third-order valence-corrected chi connectivity index (χ3v) is 4.34. The first kappa shape index (κ1) is 15.5. The van der Waals surface area contributed by atoms with E-state index in [0.29, 0.717) is 21.7 Å². The van der Waals surface area contributed by atoms with Crippen molar-refractivity contribution < 1.29 is 4.42 Å². The van der Waals surface area contributed by atoms with Crippen molar-refractivity contribution in [3.05, 3.63) is 74.0 Å². The topological polar surface area (TPSA) is 90.9 Å². The molecule has 2 aromatic carbocycles. The highest BCUT2D eigenvalue weighted by Crippen LogP contribution is 2.23. The highest BCUT2D eigenvalue weighted by Gasteiger charge is 2.12. The average molecular weight is 356 g/mol. The van der Waals surface area contributed by atoms with Crippen LogP contribution in [0.1, 0.15) is 18.5 Å². The van der Waals surface area contributed by atoms with Crippen molar-refractivity contribution in [3.8, 4) is 0 Å². The number of halogens is 1. The minimum absolute atomic E-state index is 0.160. The molecule has 0 amide bonds. The number of oxazole rings is 1. The highest BCUT2D eigenvalue weighted by molar-refractivity contribution is 6.31. The quantitative estimate of drug-likeness (QED) is 0.521. The second-order valence-electron chi connectivity index (χ2n) is 5.88. The fourth-order valence-corrected chi connectivity index (χ4v) is 3.07. The summed E-state index contributed by atoms with van der Waals surface area (Å²) < 4.78 is 4.98. The Kier molecular flexibility index (Phi) is 3.62. The number of H-pyrrole nitrogens is 2. The van der Waals surface area contributed by atoms with Crippen LogP contribution in [0.4, 0.5) is 5.69 Å². The van der Waals surface area contributed by atoms with Crippen LogP contribution in [0.5, 0.6) is 0 Å². The van der Waals surface area contributed by atoms with Gasteiger partial charge in [-0.1, -0.05) is 11.6 Å². The van der Waals surface area contributed by atoms with Crippen LogP contribution in [0.15, 0.2) is 56.5 Å². The van der Waals surface area contributed by atoms with Crippen molar-refractivity contribution >= 4 is 39.3 Å². The monoisotopic (exact) mass is 355 g/mol. The third kappa shape index (κ3) is 2.92. The Morgan fingerprint density at radius 3 is 2.72 bits per heavy atom. The van der Waals surface area contributed by atoms with Gasteiger partial charge in [-0.3, -0.25) is 9.78 Å². The van der Waals surface area contributed by atoms with Crippen molar-refractivity contribution in [1.82, 2.24) is 9.97 Å². The van der Waals surface area contributed by atoms with E-state index in [4.69, 9.17) is 16.0 Å². The molecule has 2 heterocycles. The highest BCUT2D eigenvalue weighted by atomic mass is 35.5. The van der Waals surface area contributed by atoms with Crippen molar-refractivity contribution in [1.29, 1.82) is 0 Å². The van der Waals surface area contributed by atoms with E-state index in [9.17, 15) is 9.59 Å². The van der Waals surface area contributed by atoms with E-state index < -0.39 is 5.76 Å². The van der Waals surface area contributed by atoms with Gasteiger partial charge in [0.2, 0.25) is 0 Å². The number of hydrogen-bond donors (Lipinski definition) is 3. The molecule has 7 heteroatoms. The fourth-order valence-electron chi connectivity index (χ4n) is 2.89. The summed E-state index contributed by atoms with van der Waals surface area (Å²) in [6, 6.07) is 12.2. The summed E-state index contributed by atoms with van der Waals surface area (Å²) in [5.41, 5.74) is 3.02. The Balaban J connectivity index is 1.70. The molecule has 4 aromatic rings. The summed E-state index contributed by atoms with van der Waals surface area (Å²) in [5, 5.41) is 4.74. The largest absolute Gasteiger partial charge is 0.417 e. The van der Waals surface area contributed by atoms with Gasteiger partial charge in [-0.2, -0.15) is 0 Å². The SMILES string of the molecule is CC(Nc1ccc2oc(=O)[nH]c2c1)c1cc2cc(Cl)ccc2[nH]c1=O. The maximum Gasteiger partial charge on any atom is 0.417 e. The lowest BCUT2D eigenvalue weighted by Crippen LogP contribution is -2.19. The summed E-state index contributed by atoms with van der Waals surface area (Å²) in [4.78, 5) is 29.1. The maximum atomic E-state index is 12.4. The number of hydrogen-bond acceptors (Lipinski definition) is 4. The van der Waals surface area contributed by atoms with Gasteiger partial charge in [-0.15, -0.1) is 0 Å². The lowest BCUT2D eigenvalue weighted by molar-refractivity contribution is 0.555. The first-order valence-electron chi connectivity index (χ1n) is 7.71. The molecule has 25 heavy (non-hydrogen) atoms. The normalized spacial score (nSPS) is 12.6. The van der Waals surface area contributed by atoms with Gasteiger partial charge in [0, 0.05) is 27.2 Å². The van der Waals surface area contributed by atoms with Gasteiger partial charge in [-0.25, -0.2) is 4.79 Å². The first-order valence-corrected chi connectivity index (χ1v) is 8.09. The van der Waals surface area contributed by atoms with E-state index in [1.807, 2.05) is 19.1 Å². The van der Waals surface area contributed by atoms with E-state index in [0.717, 1.165) is 16.6 Å². The summed E-state index contributed by atoms with van der Waals surface area (Å²) in [7, 11) is 0. The predicted molar refractivity (Wildman–Crippen MR) is 98.5 cm³/mol. The molecule has 3 N–H and O–H groups in total. The van der Waals surface area contributed by atoms with Crippen molar-refractivity contribution in [2.24, 2.45) is 0 Å². The van der Waals surface area contributed by atoms with Crippen molar-refractivity contribution in [2.75, 3.05) is 5.32 Å². The molecular weight excluding hydrogens is 342 g/mol. The van der Waals surface area contributed by atoms with Crippen LogP contribution in [0.2, 0.25) is 5.02 Å². The second kappa shape index (κ2) is 5.82. The van der Waals surface area contributed by atoms with Gasteiger partial charge < -0.3 is 14.7 Å². The molecule has 0 saturated carbocycles. The van der Waals surface area contributed by atoms with Crippen LogP contribution in [-0.2, 0) is 0 Å². The molecular formula is C18H14ClN3O3. The minimum atomic E-state index is -0.497. The number of pyridine rings is 1. The molecule has 0 fully saturated rings. The zero-order chi connectivity index (χ0) is 17.6. The molecule has 2 aromatic heterocycles. The van der Waals surface area contributed by atoms with Crippen LogP contribution in [0, 0.1) is 0 Å². The van der Waals surface area contributed by atoms with Crippen LogP contribution < -0.4 is 16.6 Å². The average Bonchev–Trinajstić information content (AvgIpc) is 2.93. The molecule has 6 nitrogen and oxygen atoms in total. The molecule has 0 aliphatic carbocycles. The maximum absolute atomic E-state index is 12.4. The number of fused-ring (bicyclic) bond motifs is 2. The Labute approximate surface area is 146 Å². The third-order valence-electron chi connectivity index (χ3n) is 4.10. The van der Waals surface area contributed by atoms with Crippen molar-refractivity contribution in [2.45, 2.75) is 13.0 Å². The number of aromatic nitrogens is 2. The summed E-state index contributed by atoms with van der Waals surface area (Å²) in [6.07, 6.45) is 0. The number of aromatic amines is 2. The molecule has 1 atom stereocenters. The Morgan fingerprint density at radius 2 is 1.88 bits per heavy atom. The number of anilines is 1. The van der Waals surface area contributed by atoms with Gasteiger partial charge in [0.1, 0.15) is 0 Å². The molecule has 0 saturated heterocycles. The lowest BCUT2D eigenvalue weighted by atomic mass is 10.1. The summed E-state index contributed by atoms with van der Waals surface area (Å²) in [6.45, 7) is 1.89. The number of benzene rings is 2. The van der Waals surface area contributed by atoms with Crippen molar-refractivity contribution in [3.63, 3.8) is 0 Å². The number of rotatable bonds is 3. The van der Waals surface area contributed by atoms with Gasteiger partial charge >= 0.3 is 5.76 Å². The van der Waals surface area contributed by atoms with Gasteiger partial charge in [0.05, 0.1) is 11.6 Å². The van der Waals surface area contributed by atoms with E-state index in [-0.39, 0.29) is 11.6 Å². The molecule has 1 unspecified atom stereocenters. The Morgan fingerprint density at radius 1 is 1.04 bits per heavy atom. The smallest absolute Gasteiger partial charge is 0.408 e. The van der Waals surface area contributed by atoms with Crippen LogP contribution in [0.25, 0.3) is 22.0 Å². The Hall–Kier alpha value is -2.99. The van der Waals surface area contributed by atoms with E-state index in [2.05, 4.69) is 15.3 Å². The van der Waals surface area contributed by atoms with Crippen LogP contribution >= 0.6 is 11.6 Å². The molecule has 0 bridgehead atoms. The zero-order valence-electron chi connectivity index (χ0n) is 13.2. The molecule has 0 spiro atoms. The minimum Gasteiger partial charge on any atom is -0.408 e. The van der Waals surface area contributed by atoms with Crippen LogP contribution in [-0.4, -0.2) is 9.97 Å². The zero-order valence-corrected chi connectivity index (χ0v) is 14.0. The molecule has 4 rings (SSSR count). The molecule has 0 aliphatic heterocycles. The van der Waals surface area contributed by atoms with E-state index in [1.165, 1.54) is 0 Å². The van der Waals surface area contributed by atoms with E-state index >= 15 is 0 Å². The first-order chi connectivity index (χ1) is 12.0. The fraction of sp³-hybridized carbons (Fsp3) is 0.111. The molecule has 126 valence electrons. The van der Waals surface area contributed by atoms with Crippen LogP contribution in [0.3, 0.4) is 0 Å². The molecule has 0 radical (unpaired) electrons. The number of nitrogens with one attached hydrogen (secondary N) is 3. The standard InChI is InChI=1S/C18H14ClN3O3/c1-9(20-12-3-5-16-15(8-12)22-18(24)25-16)13-7-10-6-11(19)2-4-14(10)21-17(13)23/h2-9,20H,1H3,(H,21,23)(H,22,24). The predicted octanol–water partition coefficient (Wildman–Crippen LogP) is 3.79. The lowest BCUT2D eigenvalue weighted by Gasteiger charge is -2.15. The summed E-state index contributed by atoms with van der Waals surface area (Å²) in [5.74, 6) is -0.497.